The van der Waals surface area contributed by atoms with Gasteiger partial charge in [0.2, 0.25) is 11.6 Å². The van der Waals surface area contributed by atoms with Crippen LogP contribution in [0.1, 0.15) is 5.69 Å². The molecule has 0 N–H and O–H groups in total. The Labute approximate surface area is 91.2 Å². The van der Waals surface area contributed by atoms with Gasteiger partial charge in [-0.1, -0.05) is 0 Å². The van der Waals surface area contributed by atoms with Gasteiger partial charge in [0.25, 0.3) is 0 Å². The number of hydrogen-bond donors (Lipinski definition) is 0. The summed E-state index contributed by atoms with van der Waals surface area (Å²) in [5, 5.41) is 0. The predicted octanol–water partition coefficient (Wildman–Crippen LogP) is 1.99. The molecule has 0 spiro atoms. The molecule has 3 rings (SSSR count). The second-order valence-electron chi connectivity index (χ2n) is 3.39. The van der Waals surface area contributed by atoms with Crippen molar-refractivity contribution in [2.75, 3.05) is 0 Å². The Bertz CT molecular complexity index is 614. The summed E-state index contributed by atoms with van der Waals surface area (Å²) in [7, 11) is 0. The Morgan fingerprint density at radius 1 is 1.19 bits per heavy atom. The maximum absolute atomic E-state index is 5.50. The molecule has 0 amide bonds. The van der Waals surface area contributed by atoms with Gasteiger partial charge >= 0.3 is 0 Å². The Morgan fingerprint density at radius 2 is 2.12 bits per heavy atom. The van der Waals surface area contributed by atoms with Crippen molar-refractivity contribution in [3.05, 3.63) is 36.4 Å². The van der Waals surface area contributed by atoms with Crippen molar-refractivity contribution in [1.82, 2.24) is 19.9 Å². The van der Waals surface area contributed by atoms with E-state index in [1.54, 1.807) is 6.20 Å². The van der Waals surface area contributed by atoms with E-state index < -0.39 is 0 Å². The minimum Gasteiger partial charge on any atom is -0.416 e. The quantitative estimate of drug-likeness (QED) is 0.617. The highest BCUT2D eigenvalue weighted by molar-refractivity contribution is 5.71. The summed E-state index contributed by atoms with van der Waals surface area (Å²) in [5.41, 5.74) is 2.80. The predicted molar refractivity (Wildman–Crippen MR) is 57.6 cm³/mol. The molecule has 0 bridgehead atoms. The van der Waals surface area contributed by atoms with Gasteiger partial charge in [-0.25, -0.2) is 19.9 Å². The summed E-state index contributed by atoms with van der Waals surface area (Å²) in [4.78, 5) is 16.5. The maximum atomic E-state index is 5.50. The smallest absolute Gasteiger partial charge is 0.248 e. The lowest BCUT2D eigenvalue weighted by Gasteiger charge is -1.93. The second kappa shape index (κ2) is 3.37. The minimum atomic E-state index is 0.471. The molecule has 5 nitrogen and oxygen atoms in total. The SMILES string of the molecule is Cc1cc(-c2nc3cccnc3o2)ncn1. The molecular formula is C11H8N4O. The zero-order valence-corrected chi connectivity index (χ0v) is 8.58. The highest BCUT2D eigenvalue weighted by Gasteiger charge is 2.09. The van der Waals surface area contributed by atoms with Gasteiger partial charge in [-0.15, -0.1) is 0 Å². The highest BCUT2D eigenvalue weighted by atomic mass is 16.4. The lowest BCUT2D eigenvalue weighted by molar-refractivity contribution is 0.604. The molecule has 5 heteroatoms. The molecular weight excluding hydrogens is 204 g/mol. The first-order valence-electron chi connectivity index (χ1n) is 4.83. The van der Waals surface area contributed by atoms with Gasteiger partial charge in [-0.05, 0) is 25.1 Å². The molecule has 0 aliphatic rings. The molecule has 3 aromatic rings. The molecule has 0 radical (unpaired) electrons. The van der Waals surface area contributed by atoms with Crippen molar-refractivity contribution in [2.24, 2.45) is 0 Å². The topological polar surface area (TPSA) is 64.7 Å². The van der Waals surface area contributed by atoms with E-state index in [0.29, 0.717) is 17.3 Å². The van der Waals surface area contributed by atoms with E-state index in [-0.39, 0.29) is 0 Å². The molecule has 0 aliphatic carbocycles. The average Bonchev–Trinajstić information content (AvgIpc) is 2.72. The molecule has 0 fully saturated rings. The van der Waals surface area contributed by atoms with E-state index in [2.05, 4.69) is 19.9 Å². The monoisotopic (exact) mass is 212 g/mol. The third-order valence-electron chi connectivity index (χ3n) is 2.19. The van der Waals surface area contributed by atoms with Gasteiger partial charge < -0.3 is 4.42 Å². The van der Waals surface area contributed by atoms with Gasteiger partial charge in [-0.2, -0.15) is 0 Å². The first kappa shape index (κ1) is 8.96. The van der Waals surface area contributed by atoms with Crippen LogP contribution in [0, 0.1) is 6.92 Å². The fourth-order valence-corrected chi connectivity index (χ4v) is 1.45. The van der Waals surface area contributed by atoms with Crippen LogP contribution in [0.5, 0.6) is 0 Å². The van der Waals surface area contributed by atoms with Crippen LogP contribution >= 0.6 is 0 Å². The van der Waals surface area contributed by atoms with E-state index >= 15 is 0 Å². The lowest BCUT2D eigenvalue weighted by atomic mass is 10.3. The van der Waals surface area contributed by atoms with Crippen molar-refractivity contribution >= 4 is 11.2 Å². The number of fused-ring (bicyclic) bond motifs is 1. The molecule has 0 aliphatic heterocycles. The summed E-state index contributed by atoms with van der Waals surface area (Å²) < 4.78 is 5.50. The molecule has 0 atom stereocenters. The Balaban J connectivity index is 2.19. The van der Waals surface area contributed by atoms with Crippen LogP contribution in [0.25, 0.3) is 22.8 Å². The van der Waals surface area contributed by atoms with E-state index in [4.69, 9.17) is 4.42 Å². The van der Waals surface area contributed by atoms with Crippen LogP contribution < -0.4 is 0 Å². The van der Waals surface area contributed by atoms with Gasteiger partial charge in [0.05, 0.1) is 0 Å². The lowest BCUT2D eigenvalue weighted by Crippen LogP contribution is -1.87. The summed E-state index contributed by atoms with van der Waals surface area (Å²) >= 11 is 0. The number of nitrogens with zero attached hydrogens (tertiary/aromatic N) is 4. The summed E-state index contributed by atoms with van der Waals surface area (Å²) in [6.07, 6.45) is 3.16. The van der Waals surface area contributed by atoms with Crippen LogP contribution in [0.3, 0.4) is 0 Å². The van der Waals surface area contributed by atoms with Crippen molar-refractivity contribution in [2.45, 2.75) is 6.92 Å². The van der Waals surface area contributed by atoms with Gasteiger partial charge in [0.1, 0.15) is 17.5 Å². The normalized spacial score (nSPS) is 10.8. The Hall–Kier alpha value is -2.30. The summed E-state index contributed by atoms with van der Waals surface area (Å²) in [6.45, 7) is 1.89. The molecule has 3 aromatic heterocycles. The van der Waals surface area contributed by atoms with E-state index in [1.807, 2.05) is 25.1 Å². The molecule has 3 heterocycles. The number of rotatable bonds is 1. The maximum Gasteiger partial charge on any atom is 0.248 e. The number of hydrogen-bond acceptors (Lipinski definition) is 5. The van der Waals surface area contributed by atoms with Crippen molar-refractivity contribution in [3.8, 4) is 11.6 Å². The molecule has 0 saturated carbocycles. The second-order valence-corrected chi connectivity index (χ2v) is 3.39. The minimum absolute atomic E-state index is 0.471. The number of aryl methyl sites for hydroxylation is 1. The number of oxazole rings is 1. The Morgan fingerprint density at radius 3 is 2.94 bits per heavy atom. The van der Waals surface area contributed by atoms with Crippen LogP contribution in [0.15, 0.2) is 35.1 Å². The zero-order valence-electron chi connectivity index (χ0n) is 8.58. The van der Waals surface area contributed by atoms with Crippen LogP contribution in [-0.4, -0.2) is 19.9 Å². The van der Waals surface area contributed by atoms with Gasteiger partial charge in [0, 0.05) is 11.9 Å². The molecule has 0 aromatic carbocycles. The first-order valence-corrected chi connectivity index (χ1v) is 4.83. The van der Waals surface area contributed by atoms with Crippen LogP contribution in [0.4, 0.5) is 0 Å². The van der Waals surface area contributed by atoms with E-state index in [1.165, 1.54) is 6.33 Å². The van der Waals surface area contributed by atoms with E-state index in [0.717, 1.165) is 11.2 Å². The number of aromatic nitrogens is 4. The standard InChI is InChI=1S/C11H8N4O/c1-7-5-9(14-6-13-7)11-15-8-3-2-4-12-10(8)16-11/h2-6H,1H3. The fourth-order valence-electron chi connectivity index (χ4n) is 1.45. The number of pyridine rings is 1. The summed E-state index contributed by atoms with van der Waals surface area (Å²) in [5.74, 6) is 0.471. The van der Waals surface area contributed by atoms with Crippen molar-refractivity contribution < 1.29 is 4.42 Å². The first-order chi connectivity index (χ1) is 7.83. The van der Waals surface area contributed by atoms with Crippen LogP contribution in [-0.2, 0) is 0 Å². The highest BCUT2D eigenvalue weighted by Crippen LogP contribution is 2.20. The molecule has 78 valence electrons. The third-order valence-corrected chi connectivity index (χ3v) is 2.19. The van der Waals surface area contributed by atoms with Crippen LogP contribution in [0.2, 0.25) is 0 Å². The molecule has 0 unspecified atom stereocenters. The molecule has 0 saturated heterocycles. The summed E-state index contributed by atoms with van der Waals surface area (Å²) in [6, 6.07) is 5.49. The molecule has 16 heavy (non-hydrogen) atoms. The average molecular weight is 212 g/mol. The third kappa shape index (κ3) is 1.42. The van der Waals surface area contributed by atoms with Gasteiger partial charge in [-0.3, -0.25) is 0 Å². The fraction of sp³-hybridized carbons (Fsp3) is 0.0909. The van der Waals surface area contributed by atoms with Gasteiger partial charge in [0.15, 0.2) is 0 Å². The van der Waals surface area contributed by atoms with Crippen molar-refractivity contribution in [3.63, 3.8) is 0 Å². The van der Waals surface area contributed by atoms with Crippen molar-refractivity contribution in [1.29, 1.82) is 0 Å². The van der Waals surface area contributed by atoms with E-state index in [9.17, 15) is 0 Å². The Kier molecular flexibility index (Phi) is 1.89. The largest absolute Gasteiger partial charge is 0.416 e. The zero-order chi connectivity index (χ0) is 11.0.